The van der Waals surface area contributed by atoms with Crippen molar-refractivity contribution in [2.45, 2.75) is 52.7 Å². The summed E-state index contributed by atoms with van der Waals surface area (Å²) in [4.78, 5) is 32.3. The molecule has 1 aliphatic heterocycles. The lowest BCUT2D eigenvalue weighted by Gasteiger charge is -2.43. The second-order valence-electron chi connectivity index (χ2n) is 8.06. The summed E-state index contributed by atoms with van der Waals surface area (Å²) < 4.78 is 6.22. The Morgan fingerprint density at radius 2 is 2.08 bits per heavy atom. The van der Waals surface area contributed by atoms with Gasteiger partial charge < -0.3 is 14.5 Å². The van der Waals surface area contributed by atoms with Crippen LogP contribution in [0, 0.1) is 5.92 Å². The number of anilines is 1. The lowest BCUT2D eigenvalue weighted by molar-refractivity contribution is 0.0119. The summed E-state index contributed by atoms with van der Waals surface area (Å²) in [6, 6.07) is 3.76. The summed E-state index contributed by atoms with van der Waals surface area (Å²) in [6.45, 7) is 11.8. The van der Waals surface area contributed by atoms with E-state index in [4.69, 9.17) is 4.74 Å². The van der Waals surface area contributed by atoms with Crippen LogP contribution in [0.25, 0.3) is 0 Å². The average Bonchev–Trinajstić information content (AvgIpc) is 2.52. The van der Waals surface area contributed by atoms with Crippen LogP contribution in [0.3, 0.4) is 0 Å². The molecule has 1 amide bonds. The highest BCUT2D eigenvalue weighted by Crippen LogP contribution is 2.26. The topological polar surface area (TPSA) is 62.7 Å². The van der Waals surface area contributed by atoms with Crippen LogP contribution in [0.2, 0.25) is 0 Å². The zero-order chi connectivity index (χ0) is 19.5. The highest BCUT2D eigenvalue weighted by molar-refractivity contribution is 9.10. The predicted molar refractivity (Wildman–Crippen MR) is 106 cm³/mol. The largest absolute Gasteiger partial charge is 0.444 e. The number of nitrogens with zero attached hydrogens (tertiary/aromatic N) is 3. The van der Waals surface area contributed by atoms with Crippen LogP contribution in [-0.2, 0) is 4.74 Å². The maximum Gasteiger partial charge on any atom is 0.410 e. The molecule has 0 aliphatic carbocycles. The van der Waals surface area contributed by atoms with E-state index in [0.29, 0.717) is 35.8 Å². The molecule has 1 aliphatic rings. The van der Waals surface area contributed by atoms with Crippen LogP contribution in [0.1, 0.15) is 51.5 Å². The van der Waals surface area contributed by atoms with E-state index in [9.17, 15) is 9.59 Å². The first kappa shape index (κ1) is 20.7. The molecule has 1 atom stereocenters. The molecule has 1 saturated heterocycles. The van der Waals surface area contributed by atoms with Gasteiger partial charge in [0.1, 0.15) is 15.9 Å². The lowest BCUT2D eigenvalue weighted by atomic mass is 10.00. The Bertz CT molecular complexity index is 658. The maximum atomic E-state index is 12.6. The van der Waals surface area contributed by atoms with Crippen molar-refractivity contribution in [3.63, 3.8) is 0 Å². The minimum Gasteiger partial charge on any atom is -0.444 e. The molecule has 1 aromatic rings. The normalized spacial score (nSPS) is 18.2. The third kappa shape index (κ3) is 5.43. The summed E-state index contributed by atoms with van der Waals surface area (Å²) in [6.07, 6.45) is 1.38. The van der Waals surface area contributed by atoms with Gasteiger partial charge >= 0.3 is 6.09 Å². The van der Waals surface area contributed by atoms with E-state index < -0.39 is 5.60 Å². The molecule has 0 N–H and O–H groups in total. The Labute approximate surface area is 164 Å². The van der Waals surface area contributed by atoms with Crippen molar-refractivity contribution in [2.75, 3.05) is 24.5 Å². The van der Waals surface area contributed by atoms with Crippen molar-refractivity contribution in [1.29, 1.82) is 0 Å². The molecule has 26 heavy (non-hydrogen) atoms. The first-order chi connectivity index (χ1) is 12.1. The fourth-order valence-electron chi connectivity index (χ4n) is 3.18. The van der Waals surface area contributed by atoms with Crippen LogP contribution in [0.5, 0.6) is 0 Å². The number of rotatable bonds is 4. The minimum absolute atomic E-state index is 0.0294. The number of carbonyl (C=O) groups is 2. The van der Waals surface area contributed by atoms with Gasteiger partial charge in [0, 0.05) is 19.6 Å². The summed E-state index contributed by atoms with van der Waals surface area (Å²) in [5.41, 5.74) is 0.700. The van der Waals surface area contributed by atoms with E-state index in [1.54, 1.807) is 0 Å². The Balaban J connectivity index is 2.22. The number of halogens is 1. The zero-order valence-corrected chi connectivity index (χ0v) is 17.7. The van der Waals surface area contributed by atoms with Crippen LogP contribution in [0.4, 0.5) is 10.5 Å². The van der Waals surface area contributed by atoms with E-state index in [0.717, 1.165) is 18.4 Å². The number of carbonyl (C=O) groups excluding carboxylic acids is 2. The smallest absolute Gasteiger partial charge is 0.410 e. The fraction of sp³-hybridized carbons (Fsp3) is 0.632. The number of pyridine rings is 1. The Morgan fingerprint density at radius 1 is 1.38 bits per heavy atom. The van der Waals surface area contributed by atoms with Gasteiger partial charge in [-0.15, -0.1) is 0 Å². The van der Waals surface area contributed by atoms with Gasteiger partial charge in [-0.05, 0) is 61.2 Å². The van der Waals surface area contributed by atoms with Gasteiger partial charge in [0.25, 0.3) is 0 Å². The van der Waals surface area contributed by atoms with E-state index >= 15 is 0 Å². The highest BCUT2D eigenvalue weighted by Gasteiger charge is 2.34. The maximum absolute atomic E-state index is 12.6. The minimum atomic E-state index is -0.517. The molecule has 0 spiro atoms. The van der Waals surface area contributed by atoms with Gasteiger partial charge in [0.15, 0.2) is 6.29 Å². The second-order valence-corrected chi connectivity index (χ2v) is 8.87. The Hall–Kier alpha value is -1.63. The van der Waals surface area contributed by atoms with Gasteiger partial charge in [0.05, 0.1) is 11.7 Å². The third-order valence-corrected chi connectivity index (χ3v) is 4.62. The quantitative estimate of drug-likeness (QED) is 0.535. The summed E-state index contributed by atoms with van der Waals surface area (Å²) in [5, 5.41) is 0. The van der Waals surface area contributed by atoms with Crippen molar-refractivity contribution in [3.8, 4) is 0 Å². The number of aromatic nitrogens is 1. The van der Waals surface area contributed by atoms with Gasteiger partial charge in [-0.1, -0.05) is 13.8 Å². The van der Waals surface area contributed by atoms with Crippen LogP contribution in [-0.4, -0.2) is 53.5 Å². The van der Waals surface area contributed by atoms with Crippen molar-refractivity contribution in [1.82, 2.24) is 9.88 Å². The summed E-state index contributed by atoms with van der Waals surface area (Å²) in [5.74, 6) is 0.443. The highest BCUT2D eigenvalue weighted by atomic mass is 79.9. The molecule has 1 aromatic heterocycles. The van der Waals surface area contributed by atoms with E-state index in [1.165, 1.54) is 0 Å². The van der Waals surface area contributed by atoms with Gasteiger partial charge in [-0.25, -0.2) is 9.78 Å². The molecule has 2 rings (SSSR count). The van der Waals surface area contributed by atoms with E-state index in [-0.39, 0.29) is 12.1 Å². The molecule has 0 bridgehead atoms. The number of hydrogen-bond donors (Lipinski definition) is 0. The third-order valence-electron chi connectivity index (χ3n) is 4.17. The number of ether oxygens (including phenoxy) is 1. The number of piperazine rings is 1. The van der Waals surface area contributed by atoms with E-state index in [2.05, 4.69) is 39.7 Å². The van der Waals surface area contributed by atoms with Crippen LogP contribution < -0.4 is 4.90 Å². The first-order valence-corrected chi connectivity index (χ1v) is 9.76. The number of aldehydes is 1. The first-order valence-electron chi connectivity index (χ1n) is 8.97. The molecular weight excluding hydrogens is 398 g/mol. The number of amides is 1. The van der Waals surface area contributed by atoms with Crippen molar-refractivity contribution >= 4 is 34.0 Å². The monoisotopic (exact) mass is 425 g/mol. The second kappa shape index (κ2) is 8.37. The van der Waals surface area contributed by atoms with Gasteiger partial charge in [-0.2, -0.15) is 0 Å². The van der Waals surface area contributed by atoms with Crippen molar-refractivity contribution in [3.05, 3.63) is 22.4 Å². The molecule has 0 saturated carbocycles. The van der Waals surface area contributed by atoms with Crippen molar-refractivity contribution < 1.29 is 14.3 Å². The SMILES string of the molecule is CC(C)C[C@@H]1CN(c2ccc(Br)nc2C=O)CCN1C(=O)OC(C)(C)C. The molecule has 2 heterocycles. The fourth-order valence-corrected chi connectivity index (χ4v) is 3.50. The molecule has 1 fully saturated rings. The van der Waals surface area contributed by atoms with Gasteiger partial charge in [0.2, 0.25) is 0 Å². The van der Waals surface area contributed by atoms with Crippen LogP contribution in [0.15, 0.2) is 16.7 Å². The summed E-state index contributed by atoms with van der Waals surface area (Å²) >= 11 is 3.30. The number of hydrogen-bond acceptors (Lipinski definition) is 5. The standard InChI is InChI=1S/C19H28BrN3O3/c1-13(2)10-14-11-22(16-6-7-17(20)21-15(16)12-24)8-9-23(14)18(25)26-19(3,4)5/h6-7,12-14H,8-11H2,1-5H3/t14-/m1/s1. The predicted octanol–water partition coefficient (Wildman–Crippen LogP) is 4.13. The van der Waals surface area contributed by atoms with Crippen LogP contribution >= 0.6 is 15.9 Å². The molecular formula is C19H28BrN3O3. The molecule has 0 radical (unpaired) electrons. The Morgan fingerprint density at radius 3 is 2.65 bits per heavy atom. The molecule has 7 heteroatoms. The molecule has 6 nitrogen and oxygen atoms in total. The average molecular weight is 426 g/mol. The van der Waals surface area contributed by atoms with Crippen molar-refractivity contribution in [2.24, 2.45) is 5.92 Å². The lowest BCUT2D eigenvalue weighted by Crippen LogP contribution is -2.56. The van der Waals surface area contributed by atoms with Gasteiger partial charge in [-0.3, -0.25) is 4.79 Å². The summed E-state index contributed by atoms with van der Waals surface area (Å²) in [7, 11) is 0. The van der Waals surface area contributed by atoms with E-state index in [1.807, 2.05) is 37.8 Å². The zero-order valence-electron chi connectivity index (χ0n) is 16.2. The Kier molecular flexibility index (Phi) is 6.66. The molecule has 0 aromatic carbocycles. The molecule has 0 unspecified atom stereocenters. The molecule has 144 valence electrons.